The molecule has 1 fully saturated rings. The van der Waals surface area contributed by atoms with E-state index < -0.39 is 0 Å². The molecule has 0 bridgehead atoms. The molecule has 1 heterocycles. The van der Waals surface area contributed by atoms with Crippen LogP contribution in [0.1, 0.15) is 22.8 Å². The van der Waals surface area contributed by atoms with Crippen LogP contribution in [0.15, 0.2) is 48.5 Å². The number of hydrogen-bond donors (Lipinski definition) is 0. The second-order valence-electron chi connectivity index (χ2n) is 5.99. The van der Waals surface area contributed by atoms with Gasteiger partial charge in [-0.15, -0.1) is 0 Å². The van der Waals surface area contributed by atoms with E-state index in [2.05, 4.69) is 36.1 Å². The number of amides is 1. The molecule has 0 atom stereocenters. The number of hydrogen-bond acceptors (Lipinski definition) is 3. The van der Waals surface area contributed by atoms with Crippen molar-refractivity contribution in [2.75, 3.05) is 38.2 Å². The summed E-state index contributed by atoms with van der Waals surface area (Å²) in [4.78, 5) is 17.0. The van der Waals surface area contributed by atoms with Gasteiger partial charge in [-0.3, -0.25) is 4.79 Å². The van der Waals surface area contributed by atoms with Crippen LogP contribution in [0, 0.1) is 0 Å². The molecule has 0 unspecified atom stereocenters. The number of ether oxygens (including phenoxy) is 1. The zero-order valence-electron chi connectivity index (χ0n) is 14.4. The smallest absolute Gasteiger partial charge is 0.254 e. The number of carbonyl (C=O) groups excluding carboxylic acids is 1. The summed E-state index contributed by atoms with van der Waals surface area (Å²) >= 11 is 0. The van der Waals surface area contributed by atoms with Crippen molar-refractivity contribution in [1.29, 1.82) is 0 Å². The normalized spacial score (nSPS) is 14.6. The van der Waals surface area contributed by atoms with Gasteiger partial charge in [0, 0.05) is 37.4 Å². The molecule has 0 radical (unpaired) electrons. The van der Waals surface area contributed by atoms with Gasteiger partial charge in [0.25, 0.3) is 5.91 Å². The SMILES string of the molecule is CCc1ccccc1N1CCN(C(=O)c2cccc(OC)c2)CC1. The maximum atomic E-state index is 12.7. The first kappa shape index (κ1) is 16.4. The Labute approximate surface area is 143 Å². The standard InChI is InChI=1S/C20H24N2O2/c1-3-16-7-4-5-10-19(16)21-11-13-22(14-12-21)20(23)17-8-6-9-18(15-17)24-2/h4-10,15H,3,11-14H2,1-2H3. The van der Waals surface area contributed by atoms with Crippen LogP contribution < -0.4 is 9.64 Å². The van der Waals surface area contributed by atoms with Crippen molar-refractivity contribution in [2.24, 2.45) is 0 Å². The molecule has 4 heteroatoms. The number of anilines is 1. The fourth-order valence-electron chi connectivity index (χ4n) is 3.21. The third-order valence-electron chi connectivity index (χ3n) is 4.60. The molecule has 0 aromatic heterocycles. The van der Waals surface area contributed by atoms with Gasteiger partial charge in [0.1, 0.15) is 5.75 Å². The third-order valence-corrected chi connectivity index (χ3v) is 4.60. The molecular weight excluding hydrogens is 300 g/mol. The lowest BCUT2D eigenvalue weighted by atomic mass is 10.1. The number of benzene rings is 2. The van der Waals surface area contributed by atoms with Gasteiger partial charge >= 0.3 is 0 Å². The average molecular weight is 324 g/mol. The lowest BCUT2D eigenvalue weighted by Gasteiger charge is -2.37. The summed E-state index contributed by atoms with van der Waals surface area (Å²) in [6, 6.07) is 15.9. The number of carbonyl (C=O) groups is 1. The molecule has 3 rings (SSSR count). The molecule has 2 aromatic rings. The summed E-state index contributed by atoms with van der Waals surface area (Å²) in [5, 5.41) is 0. The van der Waals surface area contributed by atoms with Crippen molar-refractivity contribution in [3.63, 3.8) is 0 Å². The molecule has 0 spiro atoms. The predicted molar refractivity (Wildman–Crippen MR) is 96.9 cm³/mol. The lowest BCUT2D eigenvalue weighted by molar-refractivity contribution is 0.0746. The Morgan fingerprint density at radius 3 is 2.50 bits per heavy atom. The summed E-state index contributed by atoms with van der Waals surface area (Å²) in [5.41, 5.74) is 3.36. The van der Waals surface area contributed by atoms with E-state index in [1.165, 1.54) is 11.3 Å². The van der Waals surface area contributed by atoms with Gasteiger partial charge in [-0.05, 0) is 36.2 Å². The highest BCUT2D eigenvalue weighted by Gasteiger charge is 2.23. The van der Waals surface area contributed by atoms with Crippen LogP contribution in [0.3, 0.4) is 0 Å². The number of rotatable bonds is 4. The molecule has 1 aliphatic heterocycles. The summed E-state index contributed by atoms with van der Waals surface area (Å²) in [5.74, 6) is 0.800. The maximum Gasteiger partial charge on any atom is 0.254 e. The largest absolute Gasteiger partial charge is 0.497 e. The molecule has 2 aromatic carbocycles. The Hall–Kier alpha value is -2.49. The summed E-state index contributed by atoms with van der Waals surface area (Å²) in [7, 11) is 1.62. The minimum Gasteiger partial charge on any atom is -0.497 e. The van der Waals surface area contributed by atoms with E-state index in [-0.39, 0.29) is 5.91 Å². The molecule has 1 amide bonds. The Morgan fingerprint density at radius 2 is 1.79 bits per heavy atom. The van der Waals surface area contributed by atoms with Crippen LogP contribution in [-0.4, -0.2) is 44.1 Å². The first-order chi connectivity index (χ1) is 11.7. The zero-order valence-corrected chi connectivity index (χ0v) is 14.4. The maximum absolute atomic E-state index is 12.7. The van der Waals surface area contributed by atoms with E-state index >= 15 is 0 Å². The lowest BCUT2D eigenvalue weighted by Crippen LogP contribution is -2.49. The van der Waals surface area contributed by atoms with Gasteiger partial charge in [-0.25, -0.2) is 0 Å². The van der Waals surface area contributed by atoms with Gasteiger partial charge < -0.3 is 14.5 Å². The number of aryl methyl sites for hydroxylation is 1. The van der Waals surface area contributed by atoms with Crippen LogP contribution in [0.25, 0.3) is 0 Å². The Bertz CT molecular complexity index is 706. The predicted octanol–water partition coefficient (Wildman–Crippen LogP) is 3.22. The van der Waals surface area contributed by atoms with Crippen molar-refractivity contribution in [3.05, 3.63) is 59.7 Å². The van der Waals surface area contributed by atoms with Crippen LogP contribution in [0.4, 0.5) is 5.69 Å². The van der Waals surface area contributed by atoms with Crippen LogP contribution >= 0.6 is 0 Å². The van der Waals surface area contributed by atoms with E-state index in [4.69, 9.17) is 4.74 Å². The van der Waals surface area contributed by atoms with E-state index in [1.54, 1.807) is 13.2 Å². The molecular formula is C20H24N2O2. The molecule has 0 saturated carbocycles. The molecule has 1 saturated heterocycles. The minimum atomic E-state index is 0.0809. The number of methoxy groups -OCH3 is 1. The van der Waals surface area contributed by atoms with Crippen molar-refractivity contribution in [2.45, 2.75) is 13.3 Å². The number of nitrogens with zero attached hydrogens (tertiary/aromatic N) is 2. The average Bonchev–Trinajstić information content (AvgIpc) is 2.67. The highest BCUT2D eigenvalue weighted by molar-refractivity contribution is 5.94. The van der Waals surface area contributed by atoms with Gasteiger partial charge in [0.15, 0.2) is 0 Å². The fourth-order valence-corrected chi connectivity index (χ4v) is 3.21. The van der Waals surface area contributed by atoms with Gasteiger partial charge in [-0.1, -0.05) is 31.2 Å². The first-order valence-corrected chi connectivity index (χ1v) is 8.49. The van der Waals surface area contributed by atoms with E-state index in [0.717, 1.165) is 38.3 Å². The second-order valence-corrected chi connectivity index (χ2v) is 5.99. The molecule has 126 valence electrons. The van der Waals surface area contributed by atoms with Gasteiger partial charge in [0.2, 0.25) is 0 Å². The summed E-state index contributed by atoms with van der Waals surface area (Å²) < 4.78 is 5.21. The first-order valence-electron chi connectivity index (χ1n) is 8.49. The quantitative estimate of drug-likeness (QED) is 0.866. The number of piperazine rings is 1. The van der Waals surface area contributed by atoms with Crippen molar-refractivity contribution < 1.29 is 9.53 Å². The minimum absolute atomic E-state index is 0.0809. The van der Waals surface area contributed by atoms with Crippen LogP contribution in [0.5, 0.6) is 5.75 Å². The van der Waals surface area contributed by atoms with Crippen LogP contribution in [0.2, 0.25) is 0 Å². The molecule has 24 heavy (non-hydrogen) atoms. The third kappa shape index (κ3) is 3.37. The van der Waals surface area contributed by atoms with Crippen molar-refractivity contribution in [1.82, 2.24) is 4.90 Å². The number of para-hydroxylation sites is 1. The Morgan fingerprint density at radius 1 is 1.04 bits per heavy atom. The van der Waals surface area contributed by atoms with E-state index in [1.807, 2.05) is 23.1 Å². The van der Waals surface area contributed by atoms with Gasteiger partial charge in [-0.2, -0.15) is 0 Å². The molecule has 1 aliphatic rings. The van der Waals surface area contributed by atoms with E-state index in [0.29, 0.717) is 5.56 Å². The fraction of sp³-hybridized carbons (Fsp3) is 0.350. The van der Waals surface area contributed by atoms with Crippen LogP contribution in [-0.2, 0) is 6.42 Å². The Balaban J connectivity index is 1.67. The molecule has 0 aliphatic carbocycles. The Kier molecular flexibility index (Phi) is 5.04. The molecule has 4 nitrogen and oxygen atoms in total. The van der Waals surface area contributed by atoms with Crippen molar-refractivity contribution in [3.8, 4) is 5.75 Å². The molecule has 0 N–H and O–H groups in total. The summed E-state index contributed by atoms with van der Waals surface area (Å²) in [6.45, 7) is 5.41. The van der Waals surface area contributed by atoms with Gasteiger partial charge in [0.05, 0.1) is 7.11 Å². The monoisotopic (exact) mass is 324 g/mol. The van der Waals surface area contributed by atoms with E-state index in [9.17, 15) is 4.79 Å². The zero-order chi connectivity index (χ0) is 16.9. The highest BCUT2D eigenvalue weighted by Crippen LogP contribution is 2.23. The van der Waals surface area contributed by atoms with Crippen molar-refractivity contribution >= 4 is 11.6 Å². The summed E-state index contributed by atoms with van der Waals surface area (Å²) in [6.07, 6.45) is 1.03. The topological polar surface area (TPSA) is 32.8 Å². The second kappa shape index (κ2) is 7.39. The highest BCUT2D eigenvalue weighted by atomic mass is 16.5.